The van der Waals surface area contributed by atoms with Crippen LogP contribution < -0.4 is 10.6 Å². The summed E-state index contributed by atoms with van der Waals surface area (Å²) in [5, 5.41) is 4.47. The topological polar surface area (TPSA) is 108 Å². The summed E-state index contributed by atoms with van der Waals surface area (Å²) in [6.07, 6.45) is 5.18. The van der Waals surface area contributed by atoms with Crippen molar-refractivity contribution in [3.05, 3.63) is 18.3 Å². The smallest absolute Gasteiger partial charge is 0.321 e. The van der Waals surface area contributed by atoms with Crippen molar-refractivity contribution in [3.8, 4) is 0 Å². The highest BCUT2D eigenvalue weighted by atomic mass is 32.2. The third-order valence-corrected chi connectivity index (χ3v) is 6.98. The maximum absolute atomic E-state index is 12.7. The van der Waals surface area contributed by atoms with Crippen LogP contribution in [0.5, 0.6) is 0 Å². The Hall–Kier alpha value is -1.65. The standard InChI is InChI=1S/C16H24N4O4S2/c1-12(15(21)19-16(22)17-2)25-14-8-7-13(11-18-14)26(23,24)20-9-5-3-4-6-10-20/h7-8,11-12H,3-6,9-10H2,1-2H3,(H2,17,19,21,22)/t12-/m1/s1. The van der Waals surface area contributed by atoms with E-state index in [1.54, 1.807) is 13.0 Å². The maximum atomic E-state index is 12.7. The number of carbonyl (C=O) groups is 2. The highest BCUT2D eigenvalue weighted by molar-refractivity contribution is 8.00. The van der Waals surface area contributed by atoms with E-state index in [4.69, 9.17) is 0 Å². The predicted octanol–water partition coefficient (Wildman–Crippen LogP) is 1.58. The number of amides is 3. The van der Waals surface area contributed by atoms with Crippen molar-refractivity contribution in [2.45, 2.75) is 47.8 Å². The average Bonchev–Trinajstić information content (AvgIpc) is 2.92. The number of rotatable bonds is 5. The van der Waals surface area contributed by atoms with Gasteiger partial charge in [-0.2, -0.15) is 4.31 Å². The number of nitrogens with zero attached hydrogens (tertiary/aromatic N) is 2. The van der Waals surface area contributed by atoms with Crippen LogP contribution in [0.4, 0.5) is 4.79 Å². The number of aromatic nitrogens is 1. The summed E-state index contributed by atoms with van der Waals surface area (Å²) in [5.41, 5.74) is 0. The van der Waals surface area contributed by atoms with Crippen molar-refractivity contribution >= 4 is 33.7 Å². The Morgan fingerprint density at radius 1 is 1.19 bits per heavy atom. The SMILES string of the molecule is CNC(=O)NC(=O)[C@@H](C)Sc1ccc(S(=O)(=O)N2CCCCCC2)cn1. The fourth-order valence-electron chi connectivity index (χ4n) is 2.53. The lowest BCUT2D eigenvalue weighted by Gasteiger charge is -2.19. The Morgan fingerprint density at radius 3 is 2.38 bits per heavy atom. The number of thioether (sulfide) groups is 1. The van der Waals surface area contributed by atoms with E-state index in [1.807, 2.05) is 0 Å². The number of pyridine rings is 1. The van der Waals surface area contributed by atoms with E-state index in [0.717, 1.165) is 37.4 Å². The molecule has 10 heteroatoms. The summed E-state index contributed by atoms with van der Waals surface area (Å²) in [6.45, 7) is 2.72. The van der Waals surface area contributed by atoms with Gasteiger partial charge in [0.1, 0.15) is 4.90 Å². The van der Waals surface area contributed by atoms with E-state index >= 15 is 0 Å². The minimum absolute atomic E-state index is 0.159. The average molecular weight is 401 g/mol. The van der Waals surface area contributed by atoms with Gasteiger partial charge >= 0.3 is 6.03 Å². The van der Waals surface area contributed by atoms with E-state index in [1.165, 1.54) is 23.6 Å². The van der Waals surface area contributed by atoms with Crippen LogP contribution in [0.15, 0.2) is 28.3 Å². The van der Waals surface area contributed by atoms with Gasteiger partial charge in [0.2, 0.25) is 15.9 Å². The van der Waals surface area contributed by atoms with Crippen LogP contribution in [0.1, 0.15) is 32.6 Å². The van der Waals surface area contributed by atoms with E-state index in [9.17, 15) is 18.0 Å². The van der Waals surface area contributed by atoms with Gasteiger partial charge < -0.3 is 5.32 Å². The molecule has 1 aliphatic heterocycles. The minimum atomic E-state index is -3.54. The van der Waals surface area contributed by atoms with Crippen LogP contribution in [0.3, 0.4) is 0 Å². The molecule has 0 saturated carbocycles. The molecule has 1 aliphatic rings. The van der Waals surface area contributed by atoms with E-state index in [2.05, 4.69) is 15.6 Å². The highest BCUT2D eigenvalue weighted by Crippen LogP contribution is 2.24. The van der Waals surface area contributed by atoms with Crippen LogP contribution in [-0.2, 0) is 14.8 Å². The molecule has 2 heterocycles. The van der Waals surface area contributed by atoms with Crippen LogP contribution in [0.2, 0.25) is 0 Å². The van der Waals surface area contributed by atoms with Gasteiger partial charge in [0.25, 0.3) is 0 Å². The maximum Gasteiger partial charge on any atom is 0.321 e. The van der Waals surface area contributed by atoms with Gasteiger partial charge in [-0.25, -0.2) is 18.2 Å². The van der Waals surface area contributed by atoms with E-state index in [0.29, 0.717) is 18.1 Å². The molecule has 26 heavy (non-hydrogen) atoms. The fourth-order valence-corrected chi connectivity index (χ4v) is 4.78. The lowest BCUT2D eigenvalue weighted by atomic mass is 10.2. The first-order chi connectivity index (χ1) is 12.3. The molecule has 1 saturated heterocycles. The van der Waals surface area contributed by atoms with Gasteiger partial charge in [0, 0.05) is 26.3 Å². The number of imide groups is 1. The summed E-state index contributed by atoms with van der Waals surface area (Å²) in [7, 11) is -2.11. The van der Waals surface area contributed by atoms with Crippen molar-refractivity contribution in [2.24, 2.45) is 0 Å². The zero-order valence-corrected chi connectivity index (χ0v) is 16.5. The first-order valence-electron chi connectivity index (χ1n) is 8.50. The summed E-state index contributed by atoms with van der Waals surface area (Å²) >= 11 is 1.15. The lowest BCUT2D eigenvalue weighted by molar-refractivity contribution is -0.119. The van der Waals surface area contributed by atoms with Gasteiger partial charge in [-0.15, -0.1) is 0 Å². The molecule has 1 aromatic rings. The molecule has 0 bridgehead atoms. The lowest BCUT2D eigenvalue weighted by Crippen LogP contribution is -2.41. The first-order valence-corrected chi connectivity index (χ1v) is 10.8. The van der Waals surface area contributed by atoms with Crippen molar-refractivity contribution in [1.82, 2.24) is 19.9 Å². The Kier molecular flexibility index (Phi) is 7.42. The van der Waals surface area contributed by atoms with Crippen molar-refractivity contribution < 1.29 is 18.0 Å². The Balaban J connectivity index is 2.03. The quantitative estimate of drug-likeness (QED) is 0.727. The number of sulfonamides is 1. The van der Waals surface area contributed by atoms with Crippen LogP contribution >= 0.6 is 11.8 Å². The molecule has 3 amide bonds. The summed E-state index contributed by atoms with van der Waals surface area (Å²) in [4.78, 5) is 27.3. The summed E-state index contributed by atoms with van der Waals surface area (Å²) in [5.74, 6) is -0.447. The molecule has 0 unspecified atom stereocenters. The largest absolute Gasteiger partial charge is 0.341 e. The number of urea groups is 1. The van der Waals surface area contributed by atoms with Crippen molar-refractivity contribution in [1.29, 1.82) is 0 Å². The van der Waals surface area contributed by atoms with E-state index < -0.39 is 27.2 Å². The molecular weight excluding hydrogens is 376 g/mol. The van der Waals surface area contributed by atoms with Gasteiger partial charge in [-0.1, -0.05) is 24.6 Å². The molecule has 2 rings (SSSR count). The van der Waals surface area contributed by atoms with Crippen molar-refractivity contribution in [3.63, 3.8) is 0 Å². The second-order valence-electron chi connectivity index (χ2n) is 5.98. The third-order valence-electron chi connectivity index (χ3n) is 4.04. The van der Waals surface area contributed by atoms with Gasteiger partial charge in [0.15, 0.2) is 0 Å². The molecular formula is C16H24N4O4S2. The number of carbonyl (C=O) groups excluding carboxylic acids is 2. The van der Waals surface area contributed by atoms with Gasteiger partial charge in [-0.05, 0) is 31.9 Å². The molecule has 1 aromatic heterocycles. The second-order valence-corrected chi connectivity index (χ2v) is 9.28. The van der Waals surface area contributed by atoms with Crippen molar-refractivity contribution in [2.75, 3.05) is 20.1 Å². The number of nitrogens with one attached hydrogen (secondary N) is 2. The molecule has 0 aliphatic carbocycles. The predicted molar refractivity (Wildman–Crippen MR) is 99.4 cm³/mol. The summed E-state index contributed by atoms with van der Waals surface area (Å²) in [6, 6.07) is 2.52. The van der Waals surface area contributed by atoms with Crippen LogP contribution in [0, 0.1) is 0 Å². The van der Waals surface area contributed by atoms with E-state index in [-0.39, 0.29) is 4.90 Å². The Bertz CT molecular complexity index is 729. The molecule has 0 spiro atoms. The Morgan fingerprint density at radius 2 is 1.85 bits per heavy atom. The molecule has 8 nitrogen and oxygen atoms in total. The minimum Gasteiger partial charge on any atom is -0.341 e. The Labute approximate surface area is 158 Å². The van der Waals surface area contributed by atoms with Gasteiger partial charge in [-0.3, -0.25) is 10.1 Å². The number of hydrogen-bond donors (Lipinski definition) is 2. The molecule has 0 radical (unpaired) electrons. The normalized spacial score (nSPS) is 17.2. The first kappa shape index (κ1) is 20.7. The molecule has 2 N–H and O–H groups in total. The molecule has 1 fully saturated rings. The van der Waals surface area contributed by atoms with Gasteiger partial charge in [0.05, 0.1) is 10.3 Å². The highest BCUT2D eigenvalue weighted by Gasteiger charge is 2.25. The molecule has 1 atom stereocenters. The van der Waals surface area contributed by atoms with Crippen LogP contribution in [-0.4, -0.2) is 55.0 Å². The molecule has 0 aromatic carbocycles. The summed E-state index contributed by atoms with van der Waals surface area (Å²) < 4.78 is 26.9. The zero-order valence-electron chi connectivity index (χ0n) is 14.9. The second kappa shape index (κ2) is 9.33. The van der Waals surface area contributed by atoms with Crippen LogP contribution in [0.25, 0.3) is 0 Å². The number of hydrogen-bond acceptors (Lipinski definition) is 6. The zero-order chi connectivity index (χ0) is 19.2. The monoisotopic (exact) mass is 400 g/mol. The third kappa shape index (κ3) is 5.42. The fraction of sp³-hybridized carbons (Fsp3) is 0.562. The molecule has 144 valence electrons.